The van der Waals surface area contributed by atoms with Crippen molar-refractivity contribution in [2.75, 3.05) is 5.32 Å². The quantitative estimate of drug-likeness (QED) is 0.162. The Kier molecular flexibility index (Phi) is 9.22. The molecule has 0 aliphatic rings. The second-order valence-electron chi connectivity index (χ2n) is 11.3. The topological polar surface area (TPSA) is 114 Å². The predicted molar refractivity (Wildman–Crippen MR) is 173 cm³/mol. The van der Waals surface area contributed by atoms with Crippen LogP contribution in [0.1, 0.15) is 64.4 Å². The summed E-state index contributed by atoms with van der Waals surface area (Å²) < 4.78 is 6.63. The highest BCUT2D eigenvalue weighted by atomic mass is 32.1. The van der Waals surface area contributed by atoms with Crippen LogP contribution in [-0.4, -0.2) is 33.7 Å². The molecule has 0 aliphatic carbocycles. The largest absolute Gasteiger partial charge is 0.443 e. The molecular weight excluding hydrogens is 574 g/mol. The summed E-state index contributed by atoms with van der Waals surface area (Å²) in [6.07, 6.45) is -0.722. The molecule has 0 saturated carbocycles. The van der Waals surface area contributed by atoms with E-state index >= 15 is 0 Å². The fourth-order valence-electron chi connectivity index (χ4n) is 4.56. The van der Waals surface area contributed by atoms with E-state index in [2.05, 4.69) is 34.9 Å². The molecule has 2 amide bonds. The standard InChI is InChI=1S/C34H35N5O4S/c1-22(2)35-20-23-15-17-25(18-16-23)30(40)36-29-27-19-28(31(41)37-34(3,4)26-13-9-6-10-14-26)44-32(27)39(38-29)33(42)43-21-24-11-7-5-8-12-24/h5-19,22,35H,20-21H2,1-4H3,(H,37,41)(H,36,38,40). The number of anilines is 1. The molecule has 10 heteroatoms. The molecule has 5 aromatic rings. The number of carbonyl (C=O) groups excluding carboxylic acids is 3. The maximum Gasteiger partial charge on any atom is 0.436 e. The van der Waals surface area contributed by atoms with E-state index in [1.54, 1.807) is 18.2 Å². The SMILES string of the molecule is CC(C)NCc1ccc(C(=O)Nc2nn(C(=O)OCc3ccccc3)c3sc(C(=O)NC(C)(C)c4ccccc4)cc23)cc1. The number of ether oxygens (including phenoxy) is 1. The minimum absolute atomic E-state index is 0.0463. The zero-order chi connectivity index (χ0) is 31.3. The van der Waals surface area contributed by atoms with Gasteiger partial charge in [0.25, 0.3) is 11.8 Å². The lowest BCUT2D eigenvalue weighted by atomic mass is 9.94. The Hall–Kier alpha value is -4.80. The molecule has 0 radical (unpaired) electrons. The highest BCUT2D eigenvalue weighted by Gasteiger charge is 2.27. The molecule has 0 fully saturated rings. The molecule has 2 heterocycles. The Morgan fingerprint density at radius 2 is 1.55 bits per heavy atom. The van der Waals surface area contributed by atoms with Crippen molar-refractivity contribution < 1.29 is 19.1 Å². The number of rotatable bonds is 10. The van der Waals surface area contributed by atoms with E-state index in [9.17, 15) is 14.4 Å². The smallest absolute Gasteiger partial charge is 0.436 e. The van der Waals surface area contributed by atoms with Crippen molar-refractivity contribution in [2.24, 2.45) is 0 Å². The molecule has 2 aromatic heterocycles. The van der Waals surface area contributed by atoms with Crippen LogP contribution in [0.15, 0.2) is 91.0 Å². The highest BCUT2D eigenvalue weighted by Crippen LogP contribution is 2.33. The Morgan fingerprint density at radius 1 is 0.886 bits per heavy atom. The molecule has 0 atom stereocenters. The van der Waals surface area contributed by atoms with Gasteiger partial charge in [0.15, 0.2) is 5.82 Å². The molecule has 0 unspecified atom stereocenters. The van der Waals surface area contributed by atoms with Crippen LogP contribution >= 0.6 is 11.3 Å². The summed E-state index contributed by atoms with van der Waals surface area (Å²) in [5.74, 6) is -0.544. The summed E-state index contributed by atoms with van der Waals surface area (Å²) in [6.45, 7) is 8.73. The fourth-order valence-corrected chi connectivity index (χ4v) is 5.56. The number of nitrogens with zero attached hydrogens (tertiary/aromatic N) is 2. The Bertz CT molecular complexity index is 1760. The van der Waals surface area contributed by atoms with Crippen LogP contribution in [-0.2, 0) is 23.4 Å². The van der Waals surface area contributed by atoms with Gasteiger partial charge in [0.2, 0.25) is 0 Å². The average Bonchev–Trinajstić information content (AvgIpc) is 3.60. The van der Waals surface area contributed by atoms with Crippen LogP contribution in [0.5, 0.6) is 0 Å². The summed E-state index contributed by atoms with van der Waals surface area (Å²) in [7, 11) is 0. The van der Waals surface area contributed by atoms with Gasteiger partial charge in [-0.2, -0.15) is 4.68 Å². The molecule has 3 aromatic carbocycles. The number of nitrogens with one attached hydrogen (secondary N) is 3. The van der Waals surface area contributed by atoms with Crippen LogP contribution in [0.3, 0.4) is 0 Å². The number of aromatic nitrogens is 2. The average molecular weight is 610 g/mol. The zero-order valence-corrected chi connectivity index (χ0v) is 25.9. The van der Waals surface area contributed by atoms with E-state index < -0.39 is 11.6 Å². The van der Waals surface area contributed by atoms with Crippen molar-refractivity contribution in [1.29, 1.82) is 0 Å². The first-order valence-electron chi connectivity index (χ1n) is 14.4. The van der Waals surface area contributed by atoms with Gasteiger partial charge in [-0.05, 0) is 48.7 Å². The number of carbonyl (C=O) groups is 3. The van der Waals surface area contributed by atoms with Crippen LogP contribution in [0, 0.1) is 0 Å². The highest BCUT2D eigenvalue weighted by molar-refractivity contribution is 7.20. The summed E-state index contributed by atoms with van der Waals surface area (Å²) >= 11 is 1.10. The van der Waals surface area contributed by atoms with Crippen molar-refractivity contribution >= 4 is 45.3 Å². The molecule has 0 spiro atoms. The first-order chi connectivity index (χ1) is 21.1. The Labute approximate surface area is 260 Å². The molecule has 5 rings (SSSR count). The first-order valence-corrected chi connectivity index (χ1v) is 15.2. The number of fused-ring (bicyclic) bond motifs is 1. The number of hydrogen-bond acceptors (Lipinski definition) is 7. The van der Waals surface area contributed by atoms with Gasteiger partial charge in [0.05, 0.1) is 15.8 Å². The number of thiophene rings is 1. The second-order valence-corrected chi connectivity index (χ2v) is 12.3. The van der Waals surface area contributed by atoms with Gasteiger partial charge in [-0.15, -0.1) is 16.4 Å². The van der Waals surface area contributed by atoms with Crippen LogP contribution in [0.4, 0.5) is 10.6 Å². The molecule has 9 nitrogen and oxygen atoms in total. The van der Waals surface area contributed by atoms with Gasteiger partial charge in [-0.3, -0.25) is 9.59 Å². The molecule has 226 valence electrons. The molecular formula is C34H35N5O4S. The monoisotopic (exact) mass is 609 g/mol. The van der Waals surface area contributed by atoms with Crippen molar-refractivity contribution in [3.8, 4) is 0 Å². The van der Waals surface area contributed by atoms with E-state index in [1.807, 2.05) is 86.6 Å². The molecule has 44 heavy (non-hydrogen) atoms. The summed E-state index contributed by atoms with van der Waals surface area (Å²) in [5, 5.41) is 14.1. The fraction of sp³-hybridized carbons (Fsp3) is 0.235. The van der Waals surface area contributed by atoms with Crippen molar-refractivity contribution in [3.05, 3.63) is 118 Å². The van der Waals surface area contributed by atoms with Crippen LogP contribution in [0.25, 0.3) is 10.2 Å². The van der Waals surface area contributed by atoms with E-state index in [1.165, 1.54) is 0 Å². The third-order valence-corrected chi connectivity index (χ3v) is 8.16. The minimum atomic E-state index is -0.722. The summed E-state index contributed by atoms with van der Waals surface area (Å²) in [6, 6.07) is 28.2. The summed E-state index contributed by atoms with van der Waals surface area (Å²) in [4.78, 5) is 40.6. The van der Waals surface area contributed by atoms with E-state index in [-0.39, 0.29) is 24.2 Å². The van der Waals surface area contributed by atoms with E-state index in [0.29, 0.717) is 33.2 Å². The zero-order valence-electron chi connectivity index (χ0n) is 25.1. The lowest BCUT2D eigenvalue weighted by Crippen LogP contribution is -2.40. The van der Waals surface area contributed by atoms with Gasteiger partial charge >= 0.3 is 6.09 Å². The lowest BCUT2D eigenvalue weighted by Gasteiger charge is -2.26. The van der Waals surface area contributed by atoms with E-state index in [4.69, 9.17) is 4.74 Å². The third kappa shape index (κ3) is 7.21. The molecule has 0 bridgehead atoms. The van der Waals surface area contributed by atoms with Crippen LogP contribution in [0.2, 0.25) is 0 Å². The van der Waals surface area contributed by atoms with Gasteiger partial charge in [0, 0.05) is 18.2 Å². The van der Waals surface area contributed by atoms with Crippen molar-refractivity contribution in [2.45, 2.75) is 52.4 Å². The third-order valence-electron chi connectivity index (χ3n) is 7.05. The minimum Gasteiger partial charge on any atom is -0.443 e. The van der Waals surface area contributed by atoms with Crippen LogP contribution < -0.4 is 16.0 Å². The van der Waals surface area contributed by atoms with Gasteiger partial charge in [-0.25, -0.2) is 4.79 Å². The van der Waals surface area contributed by atoms with Crippen molar-refractivity contribution in [1.82, 2.24) is 20.4 Å². The first kappa shape index (κ1) is 30.7. The van der Waals surface area contributed by atoms with Gasteiger partial charge in [-0.1, -0.05) is 86.6 Å². The number of benzene rings is 3. The Balaban J connectivity index is 1.41. The normalized spacial score (nSPS) is 11.5. The predicted octanol–water partition coefficient (Wildman–Crippen LogP) is 6.70. The Morgan fingerprint density at radius 3 is 2.20 bits per heavy atom. The van der Waals surface area contributed by atoms with Crippen molar-refractivity contribution in [3.63, 3.8) is 0 Å². The molecule has 0 saturated heterocycles. The molecule has 0 aliphatic heterocycles. The lowest BCUT2D eigenvalue weighted by molar-refractivity contribution is 0.0915. The number of hydrogen-bond donors (Lipinski definition) is 3. The summed E-state index contributed by atoms with van der Waals surface area (Å²) in [5.41, 5.74) is 2.60. The van der Waals surface area contributed by atoms with E-state index in [0.717, 1.165) is 32.7 Å². The second kappa shape index (κ2) is 13.2. The number of amides is 2. The molecule has 3 N–H and O–H groups in total. The van der Waals surface area contributed by atoms with Gasteiger partial charge < -0.3 is 20.7 Å². The maximum atomic E-state index is 13.4. The maximum absolute atomic E-state index is 13.4. The van der Waals surface area contributed by atoms with Gasteiger partial charge in [0.1, 0.15) is 11.4 Å².